The van der Waals surface area contributed by atoms with Crippen molar-refractivity contribution in [2.45, 2.75) is 44.8 Å². The molecule has 1 aliphatic rings. The van der Waals surface area contributed by atoms with E-state index in [9.17, 15) is 4.39 Å². The van der Waals surface area contributed by atoms with Gasteiger partial charge >= 0.3 is 0 Å². The number of nitrogens with zero attached hydrogens (tertiary/aromatic N) is 1. The first-order chi connectivity index (χ1) is 10.1. The lowest BCUT2D eigenvalue weighted by Gasteiger charge is -2.28. The van der Waals surface area contributed by atoms with Gasteiger partial charge in [0.25, 0.3) is 0 Å². The molecular formula is C17H27FN2O. The molecule has 0 bridgehead atoms. The van der Waals surface area contributed by atoms with E-state index < -0.39 is 0 Å². The van der Waals surface area contributed by atoms with Crippen molar-refractivity contribution in [1.82, 2.24) is 4.90 Å². The smallest absolute Gasteiger partial charge is 0.126 e. The number of benzene rings is 1. The molecule has 1 saturated heterocycles. The average Bonchev–Trinajstić information content (AvgIpc) is 2.48. The van der Waals surface area contributed by atoms with Crippen molar-refractivity contribution >= 4 is 0 Å². The number of nitrogens with two attached hydrogens (primary N) is 1. The minimum absolute atomic E-state index is 0.116. The van der Waals surface area contributed by atoms with Gasteiger partial charge in [0.1, 0.15) is 5.82 Å². The van der Waals surface area contributed by atoms with Crippen LogP contribution in [-0.4, -0.2) is 37.7 Å². The summed E-state index contributed by atoms with van der Waals surface area (Å²) in [5, 5.41) is 0. The Kier molecular flexibility index (Phi) is 6.15. The number of halogens is 1. The van der Waals surface area contributed by atoms with Gasteiger partial charge in [-0.25, -0.2) is 4.39 Å². The Morgan fingerprint density at radius 2 is 2.24 bits per heavy atom. The summed E-state index contributed by atoms with van der Waals surface area (Å²) in [7, 11) is 2.10. The molecule has 0 spiro atoms. The Hall–Kier alpha value is -0.970. The van der Waals surface area contributed by atoms with Gasteiger partial charge in [0.2, 0.25) is 0 Å². The third kappa shape index (κ3) is 5.06. The van der Waals surface area contributed by atoms with Crippen LogP contribution in [-0.2, 0) is 4.74 Å². The molecule has 2 atom stereocenters. The van der Waals surface area contributed by atoms with E-state index >= 15 is 0 Å². The van der Waals surface area contributed by atoms with Gasteiger partial charge in [-0.3, -0.25) is 0 Å². The van der Waals surface area contributed by atoms with Gasteiger partial charge in [0.15, 0.2) is 0 Å². The molecule has 1 aromatic rings. The molecule has 1 heterocycles. The maximum Gasteiger partial charge on any atom is 0.126 e. The highest BCUT2D eigenvalue weighted by atomic mass is 19.1. The van der Waals surface area contributed by atoms with Gasteiger partial charge < -0.3 is 15.4 Å². The highest BCUT2D eigenvalue weighted by Gasteiger charge is 2.16. The molecule has 1 aromatic carbocycles. The minimum atomic E-state index is -0.174. The zero-order valence-electron chi connectivity index (χ0n) is 13.1. The largest absolute Gasteiger partial charge is 0.377 e. The van der Waals surface area contributed by atoms with Crippen LogP contribution in [0.2, 0.25) is 0 Å². The number of hydrogen-bond donors (Lipinski definition) is 1. The van der Waals surface area contributed by atoms with Crippen molar-refractivity contribution in [3.05, 3.63) is 35.1 Å². The maximum absolute atomic E-state index is 13.6. The molecule has 0 radical (unpaired) electrons. The van der Waals surface area contributed by atoms with Crippen LogP contribution in [0.5, 0.6) is 0 Å². The molecule has 118 valence electrons. The van der Waals surface area contributed by atoms with Crippen LogP contribution in [0.4, 0.5) is 4.39 Å². The van der Waals surface area contributed by atoms with Crippen LogP contribution in [0.15, 0.2) is 18.2 Å². The van der Waals surface area contributed by atoms with Crippen LogP contribution >= 0.6 is 0 Å². The van der Waals surface area contributed by atoms with Crippen molar-refractivity contribution in [2.24, 2.45) is 5.73 Å². The fraction of sp³-hybridized carbons (Fsp3) is 0.647. The number of aryl methyl sites for hydroxylation is 1. The first kappa shape index (κ1) is 16.4. The second kappa shape index (κ2) is 7.87. The number of rotatable bonds is 6. The van der Waals surface area contributed by atoms with Gasteiger partial charge in [-0.15, -0.1) is 0 Å². The Morgan fingerprint density at radius 3 is 2.90 bits per heavy atom. The predicted molar refractivity (Wildman–Crippen MR) is 83.8 cm³/mol. The summed E-state index contributed by atoms with van der Waals surface area (Å²) in [6, 6.07) is 5.16. The standard InChI is InChI=1S/C17H27FN2O/c1-13-6-7-14(11-16(13)18)17(19)8-9-20(2)12-15-5-3-4-10-21-15/h6-7,11,15,17H,3-5,8-10,12,19H2,1-2H3. The van der Waals surface area contributed by atoms with Crippen molar-refractivity contribution < 1.29 is 9.13 Å². The summed E-state index contributed by atoms with van der Waals surface area (Å²) < 4.78 is 19.3. The van der Waals surface area contributed by atoms with E-state index in [4.69, 9.17) is 10.5 Å². The Labute approximate surface area is 127 Å². The first-order valence-electron chi connectivity index (χ1n) is 7.88. The Balaban J connectivity index is 1.77. The third-order valence-electron chi connectivity index (χ3n) is 4.24. The van der Waals surface area contributed by atoms with Crippen molar-refractivity contribution in [3.8, 4) is 0 Å². The molecule has 3 nitrogen and oxygen atoms in total. The van der Waals surface area contributed by atoms with Gasteiger partial charge in [0, 0.05) is 19.2 Å². The van der Waals surface area contributed by atoms with Crippen LogP contribution in [0, 0.1) is 12.7 Å². The van der Waals surface area contributed by atoms with E-state index in [2.05, 4.69) is 11.9 Å². The number of likely N-dealkylation sites (N-methyl/N-ethyl adjacent to an activating group) is 1. The van der Waals surface area contributed by atoms with E-state index in [1.807, 2.05) is 6.07 Å². The second-order valence-electron chi connectivity index (χ2n) is 6.15. The quantitative estimate of drug-likeness (QED) is 0.876. The summed E-state index contributed by atoms with van der Waals surface area (Å²) in [6.45, 7) is 4.51. The number of ether oxygens (including phenoxy) is 1. The summed E-state index contributed by atoms with van der Waals surface area (Å²) in [6.07, 6.45) is 4.78. The van der Waals surface area contributed by atoms with Crippen molar-refractivity contribution in [2.75, 3.05) is 26.7 Å². The molecule has 4 heteroatoms. The second-order valence-corrected chi connectivity index (χ2v) is 6.15. The topological polar surface area (TPSA) is 38.5 Å². The van der Waals surface area contributed by atoms with Crippen molar-refractivity contribution in [3.63, 3.8) is 0 Å². The maximum atomic E-state index is 13.6. The van der Waals surface area contributed by atoms with E-state index in [0.29, 0.717) is 11.7 Å². The Bertz CT molecular complexity index is 446. The van der Waals surface area contributed by atoms with Crippen molar-refractivity contribution in [1.29, 1.82) is 0 Å². The highest BCUT2D eigenvalue weighted by molar-refractivity contribution is 5.25. The van der Waals surface area contributed by atoms with Crippen LogP contribution in [0.25, 0.3) is 0 Å². The first-order valence-corrected chi connectivity index (χ1v) is 7.88. The lowest BCUT2D eigenvalue weighted by atomic mass is 10.0. The minimum Gasteiger partial charge on any atom is -0.377 e. The Morgan fingerprint density at radius 1 is 1.43 bits per heavy atom. The summed E-state index contributed by atoms with van der Waals surface area (Å²) in [5.41, 5.74) is 7.71. The number of hydrogen-bond acceptors (Lipinski definition) is 3. The summed E-state index contributed by atoms with van der Waals surface area (Å²) in [4.78, 5) is 2.26. The van der Waals surface area contributed by atoms with Gasteiger partial charge in [-0.05, 0) is 63.4 Å². The molecule has 2 unspecified atom stereocenters. The lowest BCUT2D eigenvalue weighted by Crippen LogP contribution is -2.34. The summed E-state index contributed by atoms with van der Waals surface area (Å²) >= 11 is 0. The molecule has 21 heavy (non-hydrogen) atoms. The third-order valence-corrected chi connectivity index (χ3v) is 4.24. The summed E-state index contributed by atoms with van der Waals surface area (Å²) in [5.74, 6) is -0.174. The van der Waals surface area contributed by atoms with Crippen LogP contribution in [0.3, 0.4) is 0 Å². The molecule has 0 amide bonds. The molecular weight excluding hydrogens is 267 g/mol. The van der Waals surface area contributed by atoms with E-state index in [1.165, 1.54) is 12.8 Å². The zero-order chi connectivity index (χ0) is 15.2. The molecule has 2 N–H and O–H groups in total. The molecule has 0 aliphatic carbocycles. The van der Waals surface area contributed by atoms with E-state index in [0.717, 1.165) is 38.1 Å². The molecule has 0 saturated carbocycles. The highest BCUT2D eigenvalue weighted by Crippen LogP contribution is 2.18. The van der Waals surface area contributed by atoms with E-state index in [1.54, 1.807) is 19.1 Å². The normalized spacial score (nSPS) is 20.7. The molecule has 1 fully saturated rings. The zero-order valence-corrected chi connectivity index (χ0v) is 13.1. The lowest BCUT2D eigenvalue weighted by molar-refractivity contribution is -0.00175. The fourth-order valence-electron chi connectivity index (χ4n) is 2.76. The average molecular weight is 294 g/mol. The fourth-order valence-corrected chi connectivity index (χ4v) is 2.76. The predicted octanol–water partition coefficient (Wildman–Crippen LogP) is 3.02. The van der Waals surface area contributed by atoms with Gasteiger partial charge in [-0.2, -0.15) is 0 Å². The van der Waals surface area contributed by atoms with Crippen LogP contribution in [0.1, 0.15) is 42.9 Å². The van der Waals surface area contributed by atoms with Gasteiger partial charge in [-0.1, -0.05) is 12.1 Å². The van der Waals surface area contributed by atoms with Crippen LogP contribution < -0.4 is 5.73 Å². The molecule has 0 aromatic heterocycles. The monoisotopic (exact) mass is 294 g/mol. The van der Waals surface area contributed by atoms with E-state index in [-0.39, 0.29) is 11.9 Å². The van der Waals surface area contributed by atoms with Gasteiger partial charge in [0.05, 0.1) is 6.10 Å². The molecule has 2 rings (SSSR count). The SMILES string of the molecule is Cc1ccc(C(N)CCN(C)CC2CCCCO2)cc1F. The molecule has 1 aliphatic heterocycles.